The van der Waals surface area contributed by atoms with Crippen molar-refractivity contribution < 1.29 is 19.1 Å². The van der Waals surface area contributed by atoms with Crippen LogP contribution in [0.5, 0.6) is 0 Å². The van der Waals surface area contributed by atoms with Crippen LogP contribution in [0.15, 0.2) is 60.7 Å². The summed E-state index contributed by atoms with van der Waals surface area (Å²) < 4.78 is 5.25. The quantitative estimate of drug-likeness (QED) is 0.525. The van der Waals surface area contributed by atoms with Crippen molar-refractivity contribution in [3.05, 3.63) is 71.8 Å². The van der Waals surface area contributed by atoms with Crippen molar-refractivity contribution in [3.63, 3.8) is 0 Å². The monoisotopic (exact) mass is 608 g/mol. The van der Waals surface area contributed by atoms with E-state index < -0.39 is 17.7 Å². The SMILES string of the molecule is CC(C)(C)OC(=O)NC1CSCCN(Cc2ccccc2)C1=O.Cl.NC1CSCCN(Cc2ccccc2)C1=O. The molecule has 2 fully saturated rings. The van der Waals surface area contributed by atoms with Crippen LogP contribution in [0.1, 0.15) is 31.9 Å². The number of carbonyl (C=O) groups is 3. The Labute approximate surface area is 252 Å². The third-order valence-electron chi connectivity index (χ3n) is 5.96. The molecule has 2 aliphatic rings. The first-order valence-corrected chi connectivity index (χ1v) is 15.5. The Morgan fingerprint density at radius 3 is 1.85 bits per heavy atom. The lowest BCUT2D eigenvalue weighted by Crippen LogP contribution is -2.49. The van der Waals surface area contributed by atoms with E-state index in [1.807, 2.05) is 65.6 Å². The van der Waals surface area contributed by atoms with Crippen LogP contribution in [0.3, 0.4) is 0 Å². The van der Waals surface area contributed by atoms with Crippen molar-refractivity contribution >= 4 is 53.8 Å². The maximum Gasteiger partial charge on any atom is 0.408 e. The smallest absolute Gasteiger partial charge is 0.408 e. The molecule has 8 nitrogen and oxygen atoms in total. The van der Waals surface area contributed by atoms with E-state index in [1.54, 1.807) is 49.2 Å². The normalized spacial score (nSPS) is 19.8. The van der Waals surface area contributed by atoms with Gasteiger partial charge in [0.15, 0.2) is 0 Å². The molecular weight excluding hydrogens is 568 g/mol. The van der Waals surface area contributed by atoms with Crippen molar-refractivity contribution in [2.75, 3.05) is 36.1 Å². The summed E-state index contributed by atoms with van der Waals surface area (Å²) in [7, 11) is 0. The molecule has 2 aromatic carbocycles. The van der Waals surface area contributed by atoms with Gasteiger partial charge in [-0.3, -0.25) is 9.59 Å². The highest BCUT2D eigenvalue weighted by Crippen LogP contribution is 2.17. The number of alkyl carbamates (subject to hydrolysis) is 1. The number of rotatable bonds is 5. The van der Waals surface area contributed by atoms with Gasteiger partial charge in [0.25, 0.3) is 0 Å². The Kier molecular flexibility index (Phi) is 14.2. The largest absolute Gasteiger partial charge is 0.444 e. The number of hydrogen-bond acceptors (Lipinski definition) is 7. The van der Waals surface area contributed by atoms with Gasteiger partial charge in [0.05, 0.1) is 6.04 Å². The van der Waals surface area contributed by atoms with E-state index in [0.29, 0.717) is 25.4 Å². The van der Waals surface area contributed by atoms with Gasteiger partial charge in [-0.05, 0) is 31.9 Å². The van der Waals surface area contributed by atoms with E-state index >= 15 is 0 Å². The number of benzene rings is 2. The molecule has 0 aromatic heterocycles. The van der Waals surface area contributed by atoms with Crippen LogP contribution >= 0.6 is 35.9 Å². The van der Waals surface area contributed by atoms with Crippen molar-refractivity contribution in [1.29, 1.82) is 0 Å². The van der Waals surface area contributed by atoms with Crippen LogP contribution < -0.4 is 11.1 Å². The van der Waals surface area contributed by atoms with Gasteiger partial charge in [-0.25, -0.2) is 4.79 Å². The highest BCUT2D eigenvalue weighted by atomic mass is 35.5. The third-order valence-corrected chi connectivity index (χ3v) is 8.06. The number of nitrogens with two attached hydrogens (primary N) is 1. The van der Waals surface area contributed by atoms with Crippen LogP contribution in [0, 0.1) is 0 Å². The first kappa shape index (κ1) is 33.8. The molecule has 2 aliphatic heterocycles. The summed E-state index contributed by atoms with van der Waals surface area (Å²) in [6, 6.07) is 19.0. The molecule has 0 saturated carbocycles. The van der Waals surface area contributed by atoms with Gasteiger partial charge < -0.3 is 25.6 Å². The van der Waals surface area contributed by atoms with Gasteiger partial charge in [-0.2, -0.15) is 23.5 Å². The molecule has 2 heterocycles. The molecule has 0 radical (unpaired) electrons. The van der Waals surface area contributed by atoms with Gasteiger partial charge in [-0.1, -0.05) is 60.7 Å². The molecule has 11 heteroatoms. The minimum atomic E-state index is -0.575. The second-order valence-electron chi connectivity index (χ2n) is 10.4. The number of carbonyl (C=O) groups excluding carboxylic acids is 3. The fourth-order valence-corrected chi connectivity index (χ4v) is 5.94. The molecule has 40 heavy (non-hydrogen) atoms. The molecule has 220 valence electrons. The number of hydrogen-bond donors (Lipinski definition) is 2. The van der Waals surface area contributed by atoms with Gasteiger partial charge in [0.2, 0.25) is 11.8 Å². The molecule has 2 saturated heterocycles. The average Bonchev–Trinajstić information content (AvgIpc) is 3.16. The first-order chi connectivity index (χ1) is 18.6. The Morgan fingerprint density at radius 2 is 1.35 bits per heavy atom. The van der Waals surface area contributed by atoms with Crippen LogP contribution in [0.4, 0.5) is 4.79 Å². The topological polar surface area (TPSA) is 105 Å². The zero-order chi connectivity index (χ0) is 28.3. The van der Waals surface area contributed by atoms with E-state index in [4.69, 9.17) is 10.5 Å². The number of halogens is 1. The number of nitrogens with one attached hydrogen (secondary N) is 1. The van der Waals surface area contributed by atoms with Crippen LogP contribution in [-0.4, -0.2) is 81.5 Å². The van der Waals surface area contributed by atoms with E-state index in [2.05, 4.69) is 5.32 Å². The molecule has 4 rings (SSSR count). The fraction of sp³-hybridized carbons (Fsp3) is 0.483. The third kappa shape index (κ3) is 11.6. The Hall–Kier alpha value is -2.40. The van der Waals surface area contributed by atoms with Crippen LogP contribution in [0.25, 0.3) is 0 Å². The van der Waals surface area contributed by atoms with Crippen molar-refractivity contribution in [2.45, 2.75) is 51.5 Å². The summed E-state index contributed by atoms with van der Waals surface area (Å²) in [5.74, 6) is 3.18. The molecule has 0 aliphatic carbocycles. The molecular formula is C29H41ClN4O4S2. The standard InChI is InChI=1S/C17H24N2O3S.C12H16N2OS.ClH/c1-17(2,3)22-16(21)18-14-12-23-10-9-19(15(14)20)11-13-7-5-4-6-8-13;13-11-9-16-7-6-14(12(11)15)8-10-4-2-1-3-5-10;/h4-8,14H,9-12H2,1-3H3,(H,18,21);1-5,11H,6-9,13H2;1H. The summed E-state index contributed by atoms with van der Waals surface area (Å²) in [5, 5.41) is 2.71. The second-order valence-corrected chi connectivity index (χ2v) is 12.7. The predicted octanol–water partition coefficient (Wildman–Crippen LogP) is 4.17. The molecule has 2 unspecified atom stereocenters. The Balaban J connectivity index is 0.000000290. The van der Waals surface area contributed by atoms with Crippen LogP contribution in [-0.2, 0) is 27.4 Å². The molecule has 0 spiro atoms. The highest BCUT2D eigenvalue weighted by molar-refractivity contribution is 7.99. The number of amides is 3. The molecule has 3 amide bonds. The summed E-state index contributed by atoms with van der Waals surface area (Å²) in [6.45, 7) is 8.13. The first-order valence-electron chi connectivity index (χ1n) is 13.2. The van der Waals surface area contributed by atoms with E-state index in [0.717, 1.165) is 34.9 Å². The fourth-order valence-electron chi connectivity index (χ4n) is 4.05. The minimum Gasteiger partial charge on any atom is -0.444 e. The number of nitrogens with zero attached hydrogens (tertiary/aromatic N) is 2. The second kappa shape index (κ2) is 16.8. The van der Waals surface area contributed by atoms with Crippen molar-refractivity contribution in [1.82, 2.24) is 15.1 Å². The molecule has 2 aromatic rings. The zero-order valence-corrected chi connectivity index (χ0v) is 25.9. The highest BCUT2D eigenvalue weighted by Gasteiger charge is 2.30. The lowest BCUT2D eigenvalue weighted by Gasteiger charge is -2.26. The lowest BCUT2D eigenvalue weighted by atomic mass is 10.2. The van der Waals surface area contributed by atoms with Gasteiger partial charge >= 0.3 is 6.09 Å². The van der Waals surface area contributed by atoms with Gasteiger partial charge in [-0.15, -0.1) is 12.4 Å². The van der Waals surface area contributed by atoms with Crippen molar-refractivity contribution in [2.24, 2.45) is 5.73 Å². The summed E-state index contributed by atoms with van der Waals surface area (Å²) in [6.07, 6.45) is -0.544. The molecule has 3 N–H and O–H groups in total. The molecule has 0 bridgehead atoms. The zero-order valence-electron chi connectivity index (χ0n) is 23.4. The molecule has 2 atom stereocenters. The van der Waals surface area contributed by atoms with E-state index in [-0.39, 0.29) is 30.3 Å². The lowest BCUT2D eigenvalue weighted by molar-refractivity contribution is -0.133. The van der Waals surface area contributed by atoms with E-state index in [9.17, 15) is 14.4 Å². The average molecular weight is 609 g/mol. The Morgan fingerprint density at radius 1 is 0.875 bits per heavy atom. The minimum absolute atomic E-state index is 0. The summed E-state index contributed by atoms with van der Waals surface area (Å²) >= 11 is 3.42. The maximum absolute atomic E-state index is 12.7. The van der Waals surface area contributed by atoms with Crippen molar-refractivity contribution in [3.8, 4) is 0 Å². The number of thioether (sulfide) groups is 2. The number of ether oxygens (including phenoxy) is 1. The summed E-state index contributed by atoms with van der Waals surface area (Å²) in [4.78, 5) is 40.2. The summed E-state index contributed by atoms with van der Waals surface area (Å²) in [5.41, 5.74) is 7.48. The van der Waals surface area contributed by atoms with Gasteiger partial charge in [0.1, 0.15) is 11.6 Å². The van der Waals surface area contributed by atoms with Gasteiger partial charge in [0, 0.05) is 49.2 Å². The predicted molar refractivity (Wildman–Crippen MR) is 167 cm³/mol. The van der Waals surface area contributed by atoms with Crippen LogP contribution in [0.2, 0.25) is 0 Å². The Bertz CT molecular complexity index is 1070. The van der Waals surface area contributed by atoms with E-state index in [1.165, 1.54) is 0 Å². The maximum atomic E-state index is 12.7.